The topological polar surface area (TPSA) is 64.6 Å². The van der Waals surface area contributed by atoms with E-state index in [-0.39, 0.29) is 17.2 Å². The van der Waals surface area contributed by atoms with Gasteiger partial charge >= 0.3 is 0 Å². The molecule has 1 atom stereocenters. The highest BCUT2D eigenvalue weighted by atomic mass is 32.2. The van der Waals surface area contributed by atoms with E-state index in [1.807, 2.05) is 31.2 Å². The smallest absolute Gasteiger partial charge is 0.212 e. The Morgan fingerprint density at radius 3 is 2.63 bits per heavy atom. The van der Waals surface area contributed by atoms with Crippen molar-refractivity contribution in [1.29, 1.82) is 0 Å². The fraction of sp³-hybridized carbons (Fsp3) is 0.714. The lowest BCUT2D eigenvalue weighted by Crippen LogP contribution is -2.29. The van der Waals surface area contributed by atoms with E-state index in [1.54, 1.807) is 0 Å². The maximum absolute atomic E-state index is 12.3. The second-order valence-corrected chi connectivity index (χ2v) is 10.7. The predicted octanol–water partition coefficient (Wildman–Crippen LogP) is 4.30. The molecule has 0 radical (unpaired) electrons. The molecule has 6 heteroatoms. The number of hydrogen-bond acceptors (Lipinski definition) is 4. The van der Waals surface area contributed by atoms with Crippen LogP contribution in [0.5, 0.6) is 5.75 Å². The van der Waals surface area contributed by atoms with E-state index in [0.717, 1.165) is 30.3 Å². The minimum absolute atomic E-state index is 0.0685. The molecule has 1 N–H and O–H groups in total. The highest BCUT2D eigenvalue weighted by Crippen LogP contribution is 2.32. The molecule has 0 aliphatic heterocycles. The molecule has 27 heavy (non-hydrogen) atoms. The summed E-state index contributed by atoms with van der Waals surface area (Å²) in [7, 11) is -3.35. The molecule has 0 aromatic heterocycles. The van der Waals surface area contributed by atoms with Gasteiger partial charge in [-0.2, -0.15) is 0 Å². The Morgan fingerprint density at radius 2 is 1.96 bits per heavy atom. The van der Waals surface area contributed by atoms with Gasteiger partial charge in [0.15, 0.2) is 0 Å². The molecule has 0 unspecified atom stereocenters. The number of sulfonamides is 1. The summed E-state index contributed by atoms with van der Waals surface area (Å²) in [4.78, 5) is 0. The summed E-state index contributed by atoms with van der Waals surface area (Å²) in [6, 6.07) is 7.38. The van der Waals surface area contributed by atoms with Crippen LogP contribution in [0.2, 0.25) is 0 Å². The molecule has 5 nitrogen and oxygen atoms in total. The SMILES string of the molecule is C[C@@H](NS(=O)(=O)CCCOCC(C)(C)C)c1cccc(OCCC2CC2)c1. The zero-order chi connectivity index (χ0) is 19.9. The quantitative estimate of drug-likeness (QED) is 0.534. The summed E-state index contributed by atoms with van der Waals surface area (Å²) >= 11 is 0. The summed E-state index contributed by atoms with van der Waals surface area (Å²) in [5.74, 6) is 1.71. The molecular formula is C21H35NO4S. The van der Waals surface area contributed by atoms with E-state index in [9.17, 15) is 8.42 Å². The number of ether oxygens (including phenoxy) is 2. The van der Waals surface area contributed by atoms with Crippen molar-refractivity contribution in [1.82, 2.24) is 4.72 Å². The van der Waals surface area contributed by atoms with Crippen LogP contribution in [-0.2, 0) is 14.8 Å². The van der Waals surface area contributed by atoms with Gasteiger partial charge in [-0.15, -0.1) is 0 Å². The summed E-state index contributed by atoms with van der Waals surface area (Å²) in [5, 5.41) is 0. The largest absolute Gasteiger partial charge is 0.494 e. The predicted molar refractivity (Wildman–Crippen MR) is 110 cm³/mol. The van der Waals surface area contributed by atoms with Gasteiger partial charge in [-0.05, 0) is 48.8 Å². The summed E-state index contributed by atoms with van der Waals surface area (Å²) < 4.78 is 38.7. The number of nitrogens with one attached hydrogen (secondary N) is 1. The maximum Gasteiger partial charge on any atom is 0.212 e. The van der Waals surface area contributed by atoms with Crippen molar-refractivity contribution in [3.8, 4) is 5.75 Å². The zero-order valence-corrected chi connectivity index (χ0v) is 18.0. The van der Waals surface area contributed by atoms with Crippen molar-refractivity contribution >= 4 is 10.0 Å². The van der Waals surface area contributed by atoms with Crippen LogP contribution in [0, 0.1) is 11.3 Å². The maximum atomic E-state index is 12.3. The van der Waals surface area contributed by atoms with Crippen molar-refractivity contribution in [2.45, 2.75) is 59.4 Å². The van der Waals surface area contributed by atoms with Crippen molar-refractivity contribution in [3.63, 3.8) is 0 Å². The van der Waals surface area contributed by atoms with Gasteiger partial charge in [0.1, 0.15) is 5.75 Å². The normalized spacial score (nSPS) is 16.3. The van der Waals surface area contributed by atoms with Crippen molar-refractivity contribution in [2.24, 2.45) is 11.3 Å². The Labute approximate surface area is 164 Å². The molecule has 0 amide bonds. The average molecular weight is 398 g/mol. The zero-order valence-electron chi connectivity index (χ0n) is 17.2. The van der Waals surface area contributed by atoms with Crippen LogP contribution < -0.4 is 9.46 Å². The van der Waals surface area contributed by atoms with Crippen molar-refractivity contribution < 1.29 is 17.9 Å². The lowest BCUT2D eigenvalue weighted by atomic mass is 9.99. The minimum atomic E-state index is -3.35. The Bertz CT molecular complexity index is 678. The fourth-order valence-corrected chi connectivity index (χ4v) is 4.04. The lowest BCUT2D eigenvalue weighted by Gasteiger charge is -2.18. The molecule has 0 heterocycles. The first-order chi connectivity index (χ1) is 12.6. The van der Waals surface area contributed by atoms with Crippen LogP contribution in [0.15, 0.2) is 24.3 Å². The van der Waals surface area contributed by atoms with Crippen LogP contribution in [0.3, 0.4) is 0 Å². The third-order valence-corrected chi connectivity index (χ3v) is 5.98. The van der Waals surface area contributed by atoms with Gasteiger partial charge in [-0.1, -0.05) is 45.7 Å². The molecule has 154 valence electrons. The van der Waals surface area contributed by atoms with Crippen LogP contribution >= 0.6 is 0 Å². The minimum Gasteiger partial charge on any atom is -0.494 e. The monoisotopic (exact) mass is 397 g/mol. The molecule has 1 aliphatic rings. The highest BCUT2D eigenvalue weighted by Gasteiger charge is 2.21. The second kappa shape index (κ2) is 9.89. The van der Waals surface area contributed by atoms with E-state index in [0.29, 0.717) is 19.6 Å². The Balaban J connectivity index is 1.75. The first-order valence-electron chi connectivity index (χ1n) is 9.95. The summed E-state index contributed by atoms with van der Waals surface area (Å²) in [5.41, 5.74) is 1.00. The van der Waals surface area contributed by atoms with Crippen molar-refractivity contribution in [3.05, 3.63) is 29.8 Å². The molecule has 0 bridgehead atoms. The number of benzene rings is 1. The Morgan fingerprint density at radius 1 is 1.22 bits per heavy atom. The van der Waals surface area contributed by atoms with Gasteiger partial charge < -0.3 is 9.47 Å². The van der Waals surface area contributed by atoms with Gasteiger partial charge in [0.25, 0.3) is 0 Å². The summed E-state index contributed by atoms with van der Waals surface area (Å²) in [6.07, 6.45) is 4.24. The van der Waals surface area contributed by atoms with Crippen LogP contribution in [-0.4, -0.2) is 34.0 Å². The van der Waals surface area contributed by atoms with E-state index in [4.69, 9.17) is 9.47 Å². The molecule has 2 rings (SSSR count). The third kappa shape index (κ3) is 9.58. The molecule has 1 aromatic carbocycles. The van der Waals surface area contributed by atoms with Crippen LogP contribution in [0.25, 0.3) is 0 Å². The van der Waals surface area contributed by atoms with Crippen LogP contribution in [0.1, 0.15) is 65.0 Å². The van der Waals surface area contributed by atoms with Crippen LogP contribution in [0.4, 0.5) is 0 Å². The molecule has 1 fully saturated rings. The van der Waals surface area contributed by atoms with Gasteiger partial charge in [0.2, 0.25) is 10.0 Å². The lowest BCUT2D eigenvalue weighted by molar-refractivity contribution is 0.0720. The molecular weight excluding hydrogens is 362 g/mol. The average Bonchev–Trinajstić information content (AvgIpc) is 3.37. The van der Waals surface area contributed by atoms with Crippen molar-refractivity contribution in [2.75, 3.05) is 25.6 Å². The molecule has 1 saturated carbocycles. The number of hydrogen-bond donors (Lipinski definition) is 1. The van der Waals surface area contributed by atoms with E-state index in [1.165, 1.54) is 12.8 Å². The van der Waals surface area contributed by atoms with E-state index >= 15 is 0 Å². The fourth-order valence-electron chi connectivity index (χ4n) is 2.75. The Hall–Kier alpha value is -1.11. The number of rotatable bonds is 12. The first kappa shape index (κ1) is 22.2. The van der Waals surface area contributed by atoms with Gasteiger partial charge in [0.05, 0.1) is 19.0 Å². The second-order valence-electron chi connectivity index (χ2n) is 8.78. The van der Waals surface area contributed by atoms with Gasteiger partial charge in [0, 0.05) is 12.6 Å². The Kier molecular flexibility index (Phi) is 8.13. The highest BCUT2D eigenvalue weighted by molar-refractivity contribution is 7.89. The molecule has 1 aliphatic carbocycles. The molecule has 1 aromatic rings. The molecule has 0 spiro atoms. The van der Waals surface area contributed by atoms with E-state index in [2.05, 4.69) is 25.5 Å². The first-order valence-corrected chi connectivity index (χ1v) is 11.6. The standard InChI is InChI=1S/C21H35NO4S/c1-17(22-27(23,24)14-6-12-25-16-21(2,3)4)19-7-5-8-20(15-19)26-13-11-18-9-10-18/h5,7-8,15,17-18,22H,6,9-14,16H2,1-4H3/t17-/m1/s1. The third-order valence-electron chi connectivity index (χ3n) is 4.44. The van der Waals surface area contributed by atoms with E-state index < -0.39 is 10.0 Å². The summed E-state index contributed by atoms with van der Waals surface area (Å²) in [6.45, 7) is 9.95. The van der Waals surface area contributed by atoms with Gasteiger partial charge in [-0.3, -0.25) is 0 Å². The van der Waals surface area contributed by atoms with Gasteiger partial charge in [-0.25, -0.2) is 13.1 Å². The molecule has 0 saturated heterocycles.